The van der Waals surface area contributed by atoms with Crippen molar-refractivity contribution >= 4 is 29.3 Å². The van der Waals surface area contributed by atoms with Crippen LogP contribution in [0.2, 0.25) is 0 Å². The highest BCUT2D eigenvalue weighted by molar-refractivity contribution is 7.99. The first-order valence-corrected chi connectivity index (χ1v) is 16.7. The number of hydrogen-bond donors (Lipinski definition) is 4. The first kappa shape index (κ1) is 33.1. The van der Waals surface area contributed by atoms with Crippen molar-refractivity contribution < 1.29 is 24.2 Å². The number of aliphatic hydroxyl groups is 1. The summed E-state index contributed by atoms with van der Waals surface area (Å²) in [4.78, 5) is 29.7. The molecule has 6 rings (SSSR count). The van der Waals surface area contributed by atoms with Gasteiger partial charge in [0, 0.05) is 22.9 Å². The molecule has 5 unspecified atom stereocenters. The summed E-state index contributed by atoms with van der Waals surface area (Å²) in [6.07, 6.45) is 0.405. The second kappa shape index (κ2) is 15.9. The van der Waals surface area contributed by atoms with Crippen LogP contribution in [0.5, 0.6) is 0 Å². The lowest BCUT2D eigenvalue weighted by atomic mass is 9.84. The molecule has 0 bridgehead atoms. The number of aromatic nitrogens is 3. The maximum Gasteiger partial charge on any atom is 0.319 e. The summed E-state index contributed by atoms with van der Waals surface area (Å²) in [6.45, 7) is 1.42. The Bertz CT molecular complexity index is 1770. The van der Waals surface area contributed by atoms with Gasteiger partial charge in [0.05, 0.1) is 24.9 Å². The molecule has 1 aliphatic heterocycles. The highest BCUT2D eigenvalue weighted by Gasteiger charge is 2.42. The van der Waals surface area contributed by atoms with Crippen LogP contribution in [0, 0.1) is 0 Å². The fraction of sp³-hybridized carbons (Fsp3) is 0.243. The van der Waals surface area contributed by atoms with Crippen LogP contribution < -0.4 is 10.6 Å². The van der Waals surface area contributed by atoms with E-state index in [0.29, 0.717) is 23.0 Å². The van der Waals surface area contributed by atoms with Gasteiger partial charge in [-0.25, -0.2) is 9.78 Å². The zero-order valence-corrected chi connectivity index (χ0v) is 27.2. The second-order valence-corrected chi connectivity index (χ2v) is 12.6. The smallest absolute Gasteiger partial charge is 0.319 e. The molecule has 0 aliphatic carbocycles. The average Bonchev–Trinajstić information content (AvgIpc) is 3.65. The molecule has 1 saturated heterocycles. The number of aliphatic hydroxyl groups excluding tert-OH is 1. The van der Waals surface area contributed by atoms with Gasteiger partial charge in [-0.15, -0.1) is 0 Å². The Balaban J connectivity index is 1.25. The lowest BCUT2D eigenvalue weighted by Gasteiger charge is -2.43. The first-order chi connectivity index (χ1) is 23.5. The minimum Gasteiger partial charge on any atom is -0.392 e. The highest BCUT2D eigenvalue weighted by Crippen LogP contribution is 2.48. The zero-order valence-electron chi connectivity index (χ0n) is 26.4. The number of aromatic amines is 1. The summed E-state index contributed by atoms with van der Waals surface area (Å²) in [6, 6.07) is 33.7. The summed E-state index contributed by atoms with van der Waals surface area (Å²) < 4.78 is 13.5. The third kappa shape index (κ3) is 8.36. The number of thioether (sulfide) groups is 1. The van der Waals surface area contributed by atoms with E-state index in [1.807, 2.05) is 91.0 Å². The fourth-order valence-electron chi connectivity index (χ4n) is 5.81. The summed E-state index contributed by atoms with van der Waals surface area (Å²) in [5.41, 5.74) is 5.03. The molecule has 2 heterocycles. The number of nitrogens with zero attached hydrogens (tertiary/aromatic N) is 2. The van der Waals surface area contributed by atoms with Gasteiger partial charge in [0.15, 0.2) is 17.2 Å². The fourth-order valence-corrected chi connectivity index (χ4v) is 6.66. The number of rotatable bonds is 12. The van der Waals surface area contributed by atoms with Gasteiger partial charge >= 0.3 is 6.03 Å². The summed E-state index contributed by atoms with van der Waals surface area (Å²) >= 11 is 1.52. The quantitative estimate of drug-likeness (QED) is 0.113. The number of amides is 2. The topological polar surface area (TPSA) is 138 Å². The SMILES string of the molecule is CC(=O)C(Cc1ccccc1)NC(=O)Nc1cccc(C2OC(CSc3ncn[nH]3)C(c3ccccc3)C(c3ccc(CO)cc3)O2)c1. The summed E-state index contributed by atoms with van der Waals surface area (Å²) in [5.74, 6) is 0.263. The molecule has 4 N–H and O–H groups in total. The largest absolute Gasteiger partial charge is 0.392 e. The zero-order chi connectivity index (χ0) is 33.3. The van der Waals surface area contributed by atoms with E-state index in [1.54, 1.807) is 6.07 Å². The molecule has 0 radical (unpaired) electrons. The Morgan fingerprint density at radius 1 is 0.875 bits per heavy atom. The van der Waals surface area contributed by atoms with E-state index in [0.717, 1.165) is 27.8 Å². The predicted octanol–water partition coefficient (Wildman–Crippen LogP) is 6.35. The maximum atomic E-state index is 13.1. The molecule has 5 atom stereocenters. The molecular weight excluding hydrogens is 627 g/mol. The van der Waals surface area contributed by atoms with Crippen LogP contribution in [0.25, 0.3) is 0 Å². The minimum absolute atomic E-state index is 0.0527. The van der Waals surface area contributed by atoms with Crippen molar-refractivity contribution in [2.24, 2.45) is 0 Å². The molecule has 246 valence electrons. The Labute approximate surface area is 283 Å². The van der Waals surface area contributed by atoms with E-state index in [1.165, 1.54) is 25.0 Å². The van der Waals surface area contributed by atoms with Gasteiger partial charge in [-0.3, -0.25) is 9.89 Å². The highest BCUT2D eigenvalue weighted by atomic mass is 32.2. The van der Waals surface area contributed by atoms with E-state index in [-0.39, 0.29) is 24.4 Å². The van der Waals surface area contributed by atoms with Crippen LogP contribution in [0.15, 0.2) is 121 Å². The lowest BCUT2D eigenvalue weighted by molar-refractivity contribution is -0.255. The molecule has 1 aromatic heterocycles. The lowest BCUT2D eigenvalue weighted by Crippen LogP contribution is -2.43. The Kier molecular flexibility index (Phi) is 10.9. The van der Waals surface area contributed by atoms with Crippen LogP contribution in [0.4, 0.5) is 10.5 Å². The van der Waals surface area contributed by atoms with Crippen molar-refractivity contribution in [2.75, 3.05) is 11.1 Å². The van der Waals surface area contributed by atoms with Gasteiger partial charge in [-0.05, 0) is 47.7 Å². The number of ketones is 1. The number of hydrogen-bond acceptors (Lipinski definition) is 8. The monoisotopic (exact) mass is 663 g/mol. The van der Waals surface area contributed by atoms with Crippen molar-refractivity contribution in [1.82, 2.24) is 20.5 Å². The van der Waals surface area contributed by atoms with E-state index in [4.69, 9.17) is 9.47 Å². The molecule has 10 nitrogen and oxygen atoms in total. The molecule has 4 aromatic carbocycles. The third-order valence-corrected chi connectivity index (χ3v) is 9.21. The van der Waals surface area contributed by atoms with Crippen molar-refractivity contribution in [2.45, 2.75) is 55.6 Å². The van der Waals surface area contributed by atoms with Crippen molar-refractivity contribution in [1.29, 1.82) is 0 Å². The van der Waals surface area contributed by atoms with Crippen molar-refractivity contribution in [3.63, 3.8) is 0 Å². The number of anilines is 1. The third-order valence-electron chi connectivity index (χ3n) is 8.24. The van der Waals surface area contributed by atoms with Crippen LogP contribution >= 0.6 is 11.8 Å². The number of Topliss-reactive ketones (excluding diaryl/α,β-unsaturated/α-hetero) is 1. The summed E-state index contributed by atoms with van der Waals surface area (Å²) in [7, 11) is 0. The number of H-pyrrole nitrogens is 1. The first-order valence-electron chi connectivity index (χ1n) is 15.7. The second-order valence-electron chi connectivity index (χ2n) is 11.6. The van der Waals surface area contributed by atoms with E-state index in [2.05, 4.69) is 37.9 Å². The van der Waals surface area contributed by atoms with Crippen molar-refractivity contribution in [3.05, 3.63) is 143 Å². The normalized spacial score (nSPS) is 19.7. The molecule has 1 fully saturated rings. The van der Waals surface area contributed by atoms with Gasteiger partial charge in [0.1, 0.15) is 6.33 Å². The van der Waals surface area contributed by atoms with Gasteiger partial charge in [-0.1, -0.05) is 109 Å². The number of carbonyl (C=O) groups excluding carboxylic acids is 2. The Hall–Kier alpha value is -4.81. The minimum atomic E-state index is -0.763. The number of nitrogens with one attached hydrogen (secondary N) is 3. The number of ether oxygens (including phenoxy) is 2. The Morgan fingerprint density at radius 2 is 1.60 bits per heavy atom. The van der Waals surface area contributed by atoms with Crippen LogP contribution in [0.1, 0.15) is 53.1 Å². The number of urea groups is 1. The molecule has 0 spiro atoms. The molecular formula is C37H37N5O5S. The predicted molar refractivity (Wildman–Crippen MR) is 183 cm³/mol. The van der Waals surface area contributed by atoms with E-state index in [9.17, 15) is 14.7 Å². The molecule has 48 heavy (non-hydrogen) atoms. The number of benzene rings is 4. The molecule has 0 saturated carbocycles. The maximum absolute atomic E-state index is 13.1. The van der Waals surface area contributed by atoms with Crippen LogP contribution in [0.3, 0.4) is 0 Å². The molecule has 5 aromatic rings. The number of carbonyl (C=O) groups is 2. The van der Waals surface area contributed by atoms with Gasteiger partial charge in [0.25, 0.3) is 0 Å². The Morgan fingerprint density at radius 3 is 2.29 bits per heavy atom. The summed E-state index contributed by atoms with van der Waals surface area (Å²) in [5, 5.41) is 22.9. The van der Waals surface area contributed by atoms with E-state index >= 15 is 0 Å². The molecule has 11 heteroatoms. The van der Waals surface area contributed by atoms with Gasteiger partial charge in [-0.2, -0.15) is 5.10 Å². The molecule has 1 aliphatic rings. The average molecular weight is 664 g/mol. The standard InChI is InChI=1S/C37H37N5O5S/c1-24(44)31(19-25-9-4-2-5-10-25)41-36(45)40-30-14-8-13-29(20-30)35-46-32(22-48-37-38-23-39-42-37)33(27-11-6-3-7-12-27)34(47-35)28-17-15-26(21-43)16-18-28/h2-18,20,23,31-35,43H,19,21-22H2,1H3,(H,38,39,42)(H2,40,41,45). The van der Waals surface area contributed by atoms with E-state index < -0.39 is 24.5 Å². The van der Waals surface area contributed by atoms with Gasteiger partial charge < -0.3 is 25.2 Å². The van der Waals surface area contributed by atoms with Crippen LogP contribution in [-0.4, -0.2) is 50.0 Å². The van der Waals surface area contributed by atoms with Crippen LogP contribution in [-0.2, 0) is 27.3 Å². The van der Waals surface area contributed by atoms with Crippen molar-refractivity contribution in [3.8, 4) is 0 Å². The van der Waals surface area contributed by atoms with Gasteiger partial charge in [0.2, 0.25) is 0 Å². The molecule has 2 amide bonds.